The molecule has 0 amide bonds. The van der Waals surface area contributed by atoms with Crippen molar-refractivity contribution in [3.8, 4) is 11.1 Å². The van der Waals surface area contributed by atoms with Gasteiger partial charge < -0.3 is 9.80 Å². The van der Waals surface area contributed by atoms with E-state index >= 15 is 0 Å². The fourth-order valence-corrected chi connectivity index (χ4v) is 12.0. The molecule has 0 saturated heterocycles. The number of aryl methyl sites for hydroxylation is 4. The van der Waals surface area contributed by atoms with Crippen LogP contribution in [-0.2, 0) is 25.7 Å². The molecular weight excluding hydrogens is 768 g/mol. The van der Waals surface area contributed by atoms with Gasteiger partial charge in [-0.2, -0.15) is 0 Å². The monoisotopic (exact) mass is 814 g/mol. The van der Waals surface area contributed by atoms with Gasteiger partial charge in [0.15, 0.2) is 0 Å². The molecule has 12 rings (SSSR count). The molecule has 0 fully saturated rings. The van der Waals surface area contributed by atoms with Crippen molar-refractivity contribution in [3.63, 3.8) is 0 Å². The van der Waals surface area contributed by atoms with Gasteiger partial charge >= 0.3 is 0 Å². The van der Waals surface area contributed by atoms with Gasteiger partial charge in [0, 0.05) is 43.3 Å². The summed E-state index contributed by atoms with van der Waals surface area (Å²) in [6, 6.07) is 62.9. The number of fused-ring (bicyclic) bond motifs is 12. The lowest BCUT2D eigenvalue weighted by Gasteiger charge is -2.43. The van der Waals surface area contributed by atoms with Gasteiger partial charge in [0.05, 0.1) is 5.69 Å². The molecule has 62 heavy (non-hydrogen) atoms. The minimum Gasteiger partial charge on any atom is -0.311 e. The molecule has 2 nitrogen and oxygen atoms in total. The van der Waals surface area contributed by atoms with E-state index in [-0.39, 0.29) is 6.71 Å². The lowest BCUT2D eigenvalue weighted by Crippen LogP contribution is -2.60. The zero-order valence-corrected chi connectivity index (χ0v) is 36.6. The van der Waals surface area contributed by atoms with E-state index in [0.29, 0.717) is 0 Å². The summed E-state index contributed by atoms with van der Waals surface area (Å²) in [6.45, 7) is 9.21. The molecule has 2 aliphatic rings. The van der Waals surface area contributed by atoms with Gasteiger partial charge in [-0.1, -0.05) is 137 Å². The Kier molecular flexibility index (Phi) is 8.69. The van der Waals surface area contributed by atoms with Crippen LogP contribution in [0.2, 0.25) is 0 Å². The molecule has 0 atom stereocenters. The highest BCUT2D eigenvalue weighted by Crippen LogP contribution is 2.49. The third kappa shape index (κ3) is 5.49. The molecule has 0 unspecified atom stereocenters. The van der Waals surface area contributed by atoms with Crippen molar-refractivity contribution in [1.29, 1.82) is 0 Å². The van der Waals surface area contributed by atoms with Gasteiger partial charge in [-0.3, -0.25) is 0 Å². The first-order valence-corrected chi connectivity index (χ1v) is 23.3. The first-order chi connectivity index (χ1) is 30.6. The highest BCUT2D eigenvalue weighted by atomic mass is 32.1. The fraction of sp³-hybridized carbons (Fsp3) is 0.138. The van der Waals surface area contributed by atoms with Gasteiger partial charge in [0.2, 0.25) is 0 Å². The summed E-state index contributed by atoms with van der Waals surface area (Å²) in [7, 11) is 0. The number of benzene rings is 9. The molecule has 1 aromatic heterocycles. The van der Waals surface area contributed by atoms with E-state index in [1.807, 2.05) is 11.3 Å². The number of hydrogen-bond acceptors (Lipinski definition) is 3. The molecule has 3 heterocycles. The van der Waals surface area contributed by atoms with Gasteiger partial charge in [-0.05, 0) is 157 Å². The summed E-state index contributed by atoms with van der Waals surface area (Å²) < 4.78 is 2.79. The van der Waals surface area contributed by atoms with Crippen LogP contribution < -0.4 is 25.5 Å². The van der Waals surface area contributed by atoms with E-state index in [1.165, 1.54) is 126 Å². The summed E-state index contributed by atoms with van der Waals surface area (Å²) in [5, 5.41) is 9.15. The van der Waals surface area contributed by atoms with Crippen LogP contribution in [0.3, 0.4) is 0 Å². The zero-order valence-electron chi connectivity index (χ0n) is 35.8. The Hall–Kier alpha value is -6.62. The minimum atomic E-state index is 0.105. The number of nitrogens with zero attached hydrogens (tertiary/aromatic N) is 2. The predicted molar refractivity (Wildman–Crippen MR) is 271 cm³/mol. The third-order valence-electron chi connectivity index (χ3n) is 13.9. The largest absolute Gasteiger partial charge is 0.311 e. The van der Waals surface area contributed by atoms with E-state index in [4.69, 9.17) is 0 Å². The summed E-state index contributed by atoms with van der Waals surface area (Å²) in [6.07, 6.45) is 3.96. The summed E-state index contributed by atoms with van der Waals surface area (Å²) in [5.41, 5.74) is 18.3. The van der Waals surface area contributed by atoms with Crippen molar-refractivity contribution in [1.82, 2.24) is 0 Å². The van der Waals surface area contributed by atoms with E-state index < -0.39 is 0 Å². The van der Waals surface area contributed by atoms with Crippen LogP contribution in [0.5, 0.6) is 0 Å². The second-order valence-corrected chi connectivity index (χ2v) is 18.2. The molecule has 10 aromatic rings. The highest BCUT2D eigenvalue weighted by Gasteiger charge is 2.45. The molecule has 4 heteroatoms. The zero-order chi connectivity index (χ0) is 41.6. The topological polar surface area (TPSA) is 6.48 Å². The second kappa shape index (κ2) is 14.5. The van der Waals surface area contributed by atoms with Crippen molar-refractivity contribution in [2.24, 2.45) is 0 Å². The van der Waals surface area contributed by atoms with Gasteiger partial charge in [0.1, 0.15) is 0 Å². The molecule has 9 aromatic carbocycles. The van der Waals surface area contributed by atoms with E-state index in [2.05, 4.69) is 201 Å². The minimum absolute atomic E-state index is 0.105. The SMILES string of the molecule is CCc1ccc(N2c3cc(CC)cc4c3B(c3cc(CC)ccc3N4c3cccc(-c4cccc5c6ccccc6c6ccccc6c45)c3)c3sc4ccc(CC)cc4c32)cc1. The Labute approximate surface area is 368 Å². The van der Waals surface area contributed by atoms with E-state index in [9.17, 15) is 0 Å². The average molecular weight is 815 g/mol. The summed E-state index contributed by atoms with van der Waals surface area (Å²) >= 11 is 1.99. The Balaban J connectivity index is 1.14. The summed E-state index contributed by atoms with van der Waals surface area (Å²) in [4.78, 5) is 5.22. The molecule has 0 aliphatic carbocycles. The fourth-order valence-electron chi connectivity index (χ4n) is 10.7. The van der Waals surface area contributed by atoms with Crippen LogP contribution >= 0.6 is 11.3 Å². The first-order valence-electron chi connectivity index (χ1n) is 22.5. The van der Waals surface area contributed by atoms with E-state index in [0.717, 1.165) is 25.7 Å². The quantitative estimate of drug-likeness (QED) is 0.117. The third-order valence-corrected chi connectivity index (χ3v) is 15.1. The normalized spacial score (nSPS) is 13.0. The van der Waals surface area contributed by atoms with Crippen molar-refractivity contribution in [2.45, 2.75) is 53.4 Å². The van der Waals surface area contributed by atoms with Crippen molar-refractivity contribution >= 4 is 110 Å². The Bertz CT molecular complexity index is 3390. The number of rotatable bonds is 7. The van der Waals surface area contributed by atoms with Crippen LogP contribution in [0, 0.1) is 0 Å². The Morgan fingerprint density at radius 3 is 1.74 bits per heavy atom. The maximum absolute atomic E-state index is 2.62. The molecule has 2 aliphatic heterocycles. The highest BCUT2D eigenvalue weighted by molar-refractivity contribution is 7.33. The van der Waals surface area contributed by atoms with Crippen LogP contribution in [0.15, 0.2) is 164 Å². The maximum Gasteiger partial charge on any atom is 0.264 e. The predicted octanol–water partition coefficient (Wildman–Crippen LogP) is 14.4. The van der Waals surface area contributed by atoms with Crippen molar-refractivity contribution < 1.29 is 0 Å². The Morgan fingerprint density at radius 1 is 0.435 bits per heavy atom. The van der Waals surface area contributed by atoms with Crippen molar-refractivity contribution in [3.05, 3.63) is 186 Å². The van der Waals surface area contributed by atoms with Gasteiger partial charge in [-0.25, -0.2) is 0 Å². The van der Waals surface area contributed by atoms with Gasteiger partial charge in [-0.15, -0.1) is 11.3 Å². The molecule has 298 valence electrons. The van der Waals surface area contributed by atoms with E-state index in [1.54, 1.807) is 0 Å². The lowest BCUT2D eigenvalue weighted by atomic mass is 9.36. The molecule has 0 saturated carbocycles. The molecule has 0 bridgehead atoms. The molecule has 0 spiro atoms. The standard InChI is InChI=1S/C58H47BN2S/c1-5-36-23-27-41(28-24-36)61-53-34-39(8-4)33-52-56(53)59(58-57(61)49-31-37(6-2)26-30-54(49)62-58)50-32-38(7-3)25-29-51(50)60(52)42-16-13-15-40(35-42)43-21-14-22-48-46-18-10-9-17-44(46)45-19-11-12-20-47(45)55(43)48/h9-35H,5-8H2,1-4H3. The van der Waals surface area contributed by atoms with Crippen molar-refractivity contribution in [2.75, 3.05) is 9.80 Å². The van der Waals surface area contributed by atoms with Crippen LogP contribution in [0.25, 0.3) is 53.5 Å². The van der Waals surface area contributed by atoms with Crippen LogP contribution in [-0.4, -0.2) is 6.71 Å². The Morgan fingerprint density at radius 2 is 1.03 bits per heavy atom. The maximum atomic E-state index is 2.62. The molecule has 0 N–H and O–H groups in total. The van der Waals surface area contributed by atoms with Gasteiger partial charge in [0.25, 0.3) is 6.71 Å². The lowest BCUT2D eigenvalue weighted by molar-refractivity contribution is 1.12. The second-order valence-electron chi connectivity index (χ2n) is 17.1. The first kappa shape index (κ1) is 37.2. The number of thiophene rings is 1. The average Bonchev–Trinajstić information content (AvgIpc) is 3.71. The smallest absolute Gasteiger partial charge is 0.264 e. The molecular formula is C58H47BN2S. The summed E-state index contributed by atoms with van der Waals surface area (Å²) in [5.74, 6) is 0. The van der Waals surface area contributed by atoms with Crippen LogP contribution in [0.4, 0.5) is 34.1 Å². The number of anilines is 6. The number of hydrogen-bond donors (Lipinski definition) is 0. The van der Waals surface area contributed by atoms with Crippen LogP contribution in [0.1, 0.15) is 49.9 Å². The molecule has 0 radical (unpaired) electrons.